The lowest BCUT2D eigenvalue weighted by atomic mass is 10.00. The number of nitrogens with zero attached hydrogens (tertiary/aromatic N) is 2. The molecule has 31 heavy (non-hydrogen) atoms. The summed E-state index contributed by atoms with van der Waals surface area (Å²) >= 11 is 7.97. The van der Waals surface area contributed by atoms with Crippen LogP contribution < -0.4 is 10.1 Å². The first-order chi connectivity index (χ1) is 15.1. The molecule has 162 valence electrons. The summed E-state index contributed by atoms with van der Waals surface area (Å²) in [6, 6.07) is 7.95. The fraction of sp³-hybridized carbons (Fsp3) is 0.391. The summed E-state index contributed by atoms with van der Waals surface area (Å²) in [5.41, 5.74) is 3.60. The van der Waals surface area contributed by atoms with Crippen molar-refractivity contribution in [2.24, 2.45) is 0 Å². The molecule has 4 heterocycles. The van der Waals surface area contributed by atoms with Crippen LogP contribution >= 0.6 is 22.9 Å². The molecule has 5 rings (SSSR count). The van der Waals surface area contributed by atoms with E-state index in [-0.39, 0.29) is 12.5 Å². The van der Waals surface area contributed by atoms with Gasteiger partial charge in [-0.1, -0.05) is 11.6 Å². The maximum Gasteiger partial charge on any atom is 0.264 e. The van der Waals surface area contributed by atoms with E-state index in [0.717, 1.165) is 56.9 Å². The van der Waals surface area contributed by atoms with Gasteiger partial charge in [0.15, 0.2) is 6.10 Å². The maximum absolute atomic E-state index is 13.2. The Morgan fingerprint density at radius 1 is 1.39 bits per heavy atom. The van der Waals surface area contributed by atoms with Crippen LogP contribution in [0.25, 0.3) is 21.3 Å². The molecular weight excluding hydrogens is 434 g/mol. The molecule has 0 unspecified atom stereocenters. The number of benzene rings is 1. The Morgan fingerprint density at radius 3 is 3.06 bits per heavy atom. The molecule has 2 aliphatic heterocycles. The highest BCUT2D eigenvalue weighted by atomic mass is 35.5. The molecule has 0 spiro atoms. The van der Waals surface area contributed by atoms with Crippen LogP contribution in [0.5, 0.6) is 5.75 Å². The van der Waals surface area contributed by atoms with Gasteiger partial charge in [-0.2, -0.15) is 0 Å². The summed E-state index contributed by atoms with van der Waals surface area (Å²) in [4.78, 5) is 20.4. The smallest absolute Gasteiger partial charge is 0.264 e. The second-order valence-electron chi connectivity index (χ2n) is 8.11. The van der Waals surface area contributed by atoms with Gasteiger partial charge in [-0.15, -0.1) is 11.3 Å². The zero-order chi connectivity index (χ0) is 21.5. The molecule has 6 nitrogen and oxygen atoms in total. The van der Waals surface area contributed by atoms with E-state index in [2.05, 4.69) is 10.3 Å². The summed E-state index contributed by atoms with van der Waals surface area (Å²) in [5.74, 6) is 0.758. The Labute approximate surface area is 189 Å². The molecule has 2 N–H and O–H groups in total. The molecule has 2 aromatic heterocycles. The molecule has 0 aliphatic carbocycles. The maximum atomic E-state index is 13.2. The predicted molar refractivity (Wildman–Crippen MR) is 123 cm³/mol. The van der Waals surface area contributed by atoms with Crippen molar-refractivity contribution in [3.63, 3.8) is 0 Å². The zero-order valence-electron chi connectivity index (χ0n) is 17.2. The quantitative estimate of drug-likeness (QED) is 0.625. The first kappa shape index (κ1) is 20.7. The number of nitrogens with one attached hydrogen (secondary N) is 1. The van der Waals surface area contributed by atoms with Crippen molar-refractivity contribution >= 4 is 39.1 Å². The average Bonchev–Trinajstić information content (AvgIpc) is 3.41. The van der Waals surface area contributed by atoms with Gasteiger partial charge < -0.3 is 20.1 Å². The van der Waals surface area contributed by atoms with E-state index in [1.165, 1.54) is 11.3 Å². The van der Waals surface area contributed by atoms with Crippen molar-refractivity contribution in [3.05, 3.63) is 45.9 Å². The van der Waals surface area contributed by atoms with Crippen LogP contribution in [0.1, 0.15) is 23.3 Å². The summed E-state index contributed by atoms with van der Waals surface area (Å²) in [6.07, 6.45) is 3.82. The normalized spacial score (nSPS) is 20.7. The molecule has 0 saturated carbocycles. The van der Waals surface area contributed by atoms with E-state index < -0.39 is 6.10 Å². The third kappa shape index (κ3) is 3.80. The Balaban J connectivity index is 1.49. The number of hydrogen-bond donors (Lipinski definition) is 2. The van der Waals surface area contributed by atoms with Crippen molar-refractivity contribution in [1.82, 2.24) is 15.2 Å². The molecule has 1 fully saturated rings. The monoisotopic (exact) mass is 457 g/mol. The fourth-order valence-electron chi connectivity index (χ4n) is 4.56. The van der Waals surface area contributed by atoms with Crippen LogP contribution in [-0.4, -0.2) is 53.2 Å². The number of aromatic nitrogens is 1. The predicted octanol–water partition coefficient (Wildman–Crippen LogP) is 3.62. The Hall–Kier alpha value is -2.19. The van der Waals surface area contributed by atoms with Gasteiger partial charge in [-0.3, -0.25) is 9.78 Å². The van der Waals surface area contributed by atoms with E-state index in [9.17, 15) is 9.90 Å². The number of halogens is 1. The van der Waals surface area contributed by atoms with Gasteiger partial charge in [-0.25, -0.2) is 0 Å². The summed E-state index contributed by atoms with van der Waals surface area (Å²) in [5, 5.41) is 13.4. The van der Waals surface area contributed by atoms with E-state index in [1.54, 1.807) is 6.20 Å². The van der Waals surface area contributed by atoms with Gasteiger partial charge in [-0.05, 0) is 44.2 Å². The molecular formula is C23H24ClN3O3S. The number of rotatable bonds is 4. The molecule has 2 aliphatic rings. The number of carbonyl (C=O) groups excluding carboxylic acids is 1. The minimum Gasteiger partial charge on any atom is -0.479 e. The molecule has 3 aromatic rings. The number of aliphatic hydroxyl groups excluding tert-OH is 1. The zero-order valence-corrected chi connectivity index (χ0v) is 18.8. The lowest BCUT2D eigenvalue weighted by Gasteiger charge is -2.33. The number of pyridine rings is 1. The van der Waals surface area contributed by atoms with Crippen molar-refractivity contribution in [2.45, 2.75) is 38.0 Å². The molecule has 8 heteroatoms. The Morgan fingerprint density at radius 2 is 2.26 bits per heavy atom. The van der Waals surface area contributed by atoms with Crippen LogP contribution in [-0.2, 0) is 17.8 Å². The Bertz CT molecular complexity index is 1150. The van der Waals surface area contributed by atoms with Crippen molar-refractivity contribution < 1.29 is 14.6 Å². The number of piperidine rings is 1. The number of likely N-dealkylation sites (tertiary alicyclic amines) is 1. The molecule has 1 saturated heterocycles. The van der Waals surface area contributed by atoms with Gasteiger partial charge in [0.2, 0.25) is 0 Å². The van der Waals surface area contributed by atoms with Crippen LogP contribution in [0, 0.1) is 0 Å². The SMILES string of the molecule is CN[C@H]1CCCN(C(=O)[C@H]2Cc3cc(Cl)cc(-c4ccnc5cc(CO)sc45)c3O2)C1. The summed E-state index contributed by atoms with van der Waals surface area (Å²) in [7, 11) is 1.94. The second kappa shape index (κ2) is 8.39. The van der Waals surface area contributed by atoms with Crippen molar-refractivity contribution in [1.29, 1.82) is 0 Å². The van der Waals surface area contributed by atoms with Crippen molar-refractivity contribution in [2.75, 3.05) is 20.1 Å². The van der Waals surface area contributed by atoms with Crippen molar-refractivity contribution in [3.8, 4) is 16.9 Å². The van der Waals surface area contributed by atoms with Gasteiger partial charge in [0.05, 0.1) is 16.8 Å². The minimum atomic E-state index is -0.531. The highest BCUT2D eigenvalue weighted by Gasteiger charge is 2.36. The van der Waals surface area contributed by atoms with Gasteiger partial charge in [0.1, 0.15) is 5.75 Å². The van der Waals surface area contributed by atoms with Crippen LogP contribution in [0.3, 0.4) is 0 Å². The van der Waals surface area contributed by atoms with Crippen LogP contribution in [0.4, 0.5) is 0 Å². The number of aliphatic hydroxyl groups is 1. The topological polar surface area (TPSA) is 74.7 Å². The third-order valence-corrected chi connectivity index (χ3v) is 7.48. The first-order valence-corrected chi connectivity index (χ1v) is 11.7. The van der Waals surface area contributed by atoms with E-state index in [4.69, 9.17) is 16.3 Å². The Kier molecular flexibility index (Phi) is 5.60. The average molecular weight is 458 g/mol. The molecule has 0 radical (unpaired) electrons. The number of amides is 1. The van der Waals surface area contributed by atoms with Crippen LogP contribution in [0.2, 0.25) is 5.02 Å². The lowest BCUT2D eigenvalue weighted by Crippen LogP contribution is -2.50. The van der Waals surface area contributed by atoms with E-state index >= 15 is 0 Å². The fourth-order valence-corrected chi connectivity index (χ4v) is 5.80. The molecule has 2 atom stereocenters. The first-order valence-electron chi connectivity index (χ1n) is 10.5. The molecule has 1 amide bonds. The number of ether oxygens (including phenoxy) is 1. The lowest BCUT2D eigenvalue weighted by molar-refractivity contribution is -0.139. The summed E-state index contributed by atoms with van der Waals surface area (Å²) < 4.78 is 7.25. The number of thiophene rings is 1. The standard InChI is InChI=1S/C23H24ClN3O3S/c1-25-15-3-2-6-27(11-15)23(29)20-8-13-7-14(24)9-18(21(13)30-20)17-4-5-26-19-10-16(12-28)31-22(17)19/h4-5,7,9-10,15,20,25,28H,2-3,6,8,11-12H2,1H3/t15-,20+/m0/s1. The van der Waals surface area contributed by atoms with Gasteiger partial charge in [0, 0.05) is 58.3 Å². The minimum absolute atomic E-state index is 0.0232. The highest BCUT2D eigenvalue weighted by molar-refractivity contribution is 7.19. The third-order valence-electron chi connectivity index (χ3n) is 6.12. The number of fused-ring (bicyclic) bond motifs is 2. The number of likely N-dealkylation sites (N-methyl/N-ethyl adjacent to an activating group) is 1. The molecule has 0 bridgehead atoms. The largest absolute Gasteiger partial charge is 0.479 e. The van der Waals surface area contributed by atoms with Gasteiger partial charge >= 0.3 is 0 Å². The van der Waals surface area contributed by atoms with E-state index in [1.807, 2.05) is 36.2 Å². The number of hydrogen-bond acceptors (Lipinski definition) is 6. The van der Waals surface area contributed by atoms with Gasteiger partial charge in [0.25, 0.3) is 5.91 Å². The summed E-state index contributed by atoms with van der Waals surface area (Å²) in [6.45, 7) is 1.46. The molecule has 1 aromatic carbocycles. The van der Waals surface area contributed by atoms with Crippen LogP contribution in [0.15, 0.2) is 30.5 Å². The second-order valence-corrected chi connectivity index (χ2v) is 9.68. The van der Waals surface area contributed by atoms with E-state index in [0.29, 0.717) is 24.0 Å². The number of carbonyl (C=O) groups is 1. The highest BCUT2D eigenvalue weighted by Crippen LogP contribution is 2.44.